The van der Waals surface area contributed by atoms with E-state index < -0.39 is 6.10 Å². The number of hydrogen-bond acceptors (Lipinski definition) is 6. The van der Waals surface area contributed by atoms with Crippen LogP contribution in [-0.4, -0.2) is 37.2 Å². The van der Waals surface area contributed by atoms with Gasteiger partial charge in [0.15, 0.2) is 6.10 Å². The maximum Gasteiger partial charge on any atom is 0.306 e. The lowest BCUT2D eigenvalue weighted by molar-refractivity contribution is -0.167. The van der Waals surface area contributed by atoms with E-state index in [1.54, 1.807) is 0 Å². The number of hydrogen-bond donors (Lipinski definition) is 0. The summed E-state index contributed by atoms with van der Waals surface area (Å²) in [6, 6.07) is 0. The third-order valence-electron chi connectivity index (χ3n) is 13.1. The highest BCUT2D eigenvalue weighted by Crippen LogP contribution is 2.19. The largest absolute Gasteiger partial charge is 0.462 e. The second-order valence-corrected chi connectivity index (χ2v) is 19.8. The summed E-state index contributed by atoms with van der Waals surface area (Å²) in [6.45, 7) is 13.7. The zero-order valence-electron chi connectivity index (χ0n) is 42.0. The van der Waals surface area contributed by atoms with Gasteiger partial charge >= 0.3 is 17.9 Å². The molecular formula is C55H106O6. The highest BCUT2D eigenvalue weighted by molar-refractivity contribution is 5.71. The molecule has 0 aliphatic carbocycles. The van der Waals surface area contributed by atoms with Gasteiger partial charge in [0.25, 0.3) is 0 Å². The summed E-state index contributed by atoms with van der Waals surface area (Å²) in [5.74, 6) is 1.66. The van der Waals surface area contributed by atoms with Crippen molar-refractivity contribution in [3.63, 3.8) is 0 Å². The van der Waals surface area contributed by atoms with Crippen LogP contribution in [0.2, 0.25) is 0 Å². The molecule has 6 nitrogen and oxygen atoms in total. The average Bonchev–Trinajstić information content (AvgIpc) is 3.24. The molecule has 0 aromatic carbocycles. The van der Waals surface area contributed by atoms with Crippen LogP contribution >= 0.6 is 0 Å². The molecule has 0 aliphatic rings. The number of esters is 3. The number of unbranched alkanes of at least 4 members (excludes halogenated alkanes) is 29. The van der Waals surface area contributed by atoms with E-state index in [0.29, 0.717) is 19.3 Å². The molecule has 6 heteroatoms. The van der Waals surface area contributed by atoms with Crippen molar-refractivity contribution in [2.75, 3.05) is 13.2 Å². The highest BCUT2D eigenvalue weighted by atomic mass is 16.6. The predicted octanol–water partition coefficient (Wildman–Crippen LogP) is 17.6. The van der Waals surface area contributed by atoms with Crippen LogP contribution in [0, 0.1) is 17.8 Å². The Kier molecular flexibility index (Phi) is 45.2. The van der Waals surface area contributed by atoms with E-state index in [4.69, 9.17) is 14.2 Å². The molecule has 61 heavy (non-hydrogen) atoms. The first-order valence-electron chi connectivity index (χ1n) is 27.2. The third-order valence-corrected chi connectivity index (χ3v) is 13.1. The van der Waals surface area contributed by atoms with E-state index in [1.165, 1.54) is 180 Å². The fourth-order valence-corrected chi connectivity index (χ4v) is 8.23. The number of rotatable bonds is 48. The Labute approximate surface area is 380 Å². The minimum Gasteiger partial charge on any atom is -0.462 e. The van der Waals surface area contributed by atoms with Crippen LogP contribution in [0.15, 0.2) is 0 Å². The molecule has 0 heterocycles. The summed E-state index contributed by atoms with van der Waals surface area (Å²) in [5, 5.41) is 0. The lowest BCUT2D eigenvalue weighted by atomic mass is 9.99. The third kappa shape index (κ3) is 46.2. The van der Waals surface area contributed by atoms with E-state index >= 15 is 0 Å². The number of ether oxygens (including phenoxy) is 3. The Bertz CT molecular complexity index is 949. The zero-order valence-corrected chi connectivity index (χ0v) is 42.0. The van der Waals surface area contributed by atoms with Gasteiger partial charge < -0.3 is 14.2 Å². The van der Waals surface area contributed by atoms with Gasteiger partial charge in [0.05, 0.1) is 0 Å². The van der Waals surface area contributed by atoms with Crippen molar-refractivity contribution >= 4 is 17.9 Å². The second kappa shape index (κ2) is 46.4. The van der Waals surface area contributed by atoms with Crippen LogP contribution in [0.1, 0.15) is 298 Å². The molecule has 0 saturated heterocycles. The predicted molar refractivity (Wildman–Crippen MR) is 261 cm³/mol. The normalized spacial score (nSPS) is 13.0. The van der Waals surface area contributed by atoms with Gasteiger partial charge in [-0.05, 0) is 37.0 Å². The first-order valence-corrected chi connectivity index (χ1v) is 27.2. The van der Waals surface area contributed by atoms with Crippen molar-refractivity contribution in [2.24, 2.45) is 17.8 Å². The molecule has 0 spiro atoms. The maximum atomic E-state index is 12.8. The van der Waals surface area contributed by atoms with Crippen LogP contribution < -0.4 is 0 Å². The molecule has 0 N–H and O–H groups in total. The van der Waals surface area contributed by atoms with Crippen molar-refractivity contribution < 1.29 is 28.6 Å². The van der Waals surface area contributed by atoms with E-state index in [2.05, 4.69) is 41.5 Å². The van der Waals surface area contributed by atoms with Gasteiger partial charge in [0, 0.05) is 19.3 Å². The standard InChI is InChI=1S/C55H106O6/c1-7-50(5)42-36-30-24-19-17-15-13-11-9-10-12-14-16-18-20-26-34-40-46-55(58)61-52(48-60-54(57)45-39-33-28-27-31-37-43-51(6)8-2)47-59-53(56)44-38-32-25-22-21-23-29-35-41-49(3)4/h49-52H,7-48H2,1-6H3/t50?,51?,52-/m0/s1. The first-order chi connectivity index (χ1) is 29.7. The smallest absolute Gasteiger partial charge is 0.306 e. The summed E-state index contributed by atoms with van der Waals surface area (Å²) < 4.78 is 16.8. The van der Waals surface area contributed by atoms with Crippen LogP contribution in [0.3, 0.4) is 0 Å². The molecule has 3 atom stereocenters. The van der Waals surface area contributed by atoms with Gasteiger partial charge in [0.2, 0.25) is 0 Å². The van der Waals surface area contributed by atoms with E-state index in [-0.39, 0.29) is 31.1 Å². The minimum absolute atomic E-state index is 0.0658. The summed E-state index contributed by atoms with van der Waals surface area (Å²) in [6.07, 6.45) is 46.7. The minimum atomic E-state index is -0.763. The molecule has 0 radical (unpaired) electrons. The molecule has 0 aromatic heterocycles. The van der Waals surface area contributed by atoms with Crippen LogP contribution in [0.5, 0.6) is 0 Å². The Morgan fingerprint density at radius 2 is 0.574 bits per heavy atom. The van der Waals surface area contributed by atoms with E-state index in [1.807, 2.05) is 0 Å². The van der Waals surface area contributed by atoms with Crippen molar-refractivity contribution in [2.45, 2.75) is 304 Å². The fourth-order valence-electron chi connectivity index (χ4n) is 8.23. The van der Waals surface area contributed by atoms with Gasteiger partial charge in [0.1, 0.15) is 13.2 Å². The van der Waals surface area contributed by atoms with Gasteiger partial charge in [-0.3, -0.25) is 14.4 Å². The molecule has 0 amide bonds. The van der Waals surface area contributed by atoms with E-state index in [9.17, 15) is 14.4 Å². The second-order valence-electron chi connectivity index (χ2n) is 19.8. The number of carbonyl (C=O) groups is 3. The van der Waals surface area contributed by atoms with Crippen LogP contribution in [0.25, 0.3) is 0 Å². The van der Waals surface area contributed by atoms with Crippen LogP contribution in [-0.2, 0) is 28.6 Å². The molecule has 0 aromatic rings. The molecule has 0 saturated carbocycles. The van der Waals surface area contributed by atoms with Gasteiger partial charge in [-0.15, -0.1) is 0 Å². The quantitative estimate of drug-likeness (QED) is 0.0344. The molecular weight excluding hydrogens is 757 g/mol. The van der Waals surface area contributed by atoms with Crippen molar-refractivity contribution in [1.82, 2.24) is 0 Å². The maximum absolute atomic E-state index is 12.8. The lowest BCUT2D eigenvalue weighted by Gasteiger charge is -2.18. The topological polar surface area (TPSA) is 78.9 Å². The highest BCUT2D eigenvalue weighted by Gasteiger charge is 2.19. The zero-order chi connectivity index (χ0) is 44.9. The van der Waals surface area contributed by atoms with Crippen molar-refractivity contribution in [3.05, 3.63) is 0 Å². The molecule has 2 unspecified atom stereocenters. The van der Waals surface area contributed by atoms with Crippen molar-refractivity contribution in [1.29, 1.82) is 0 Å². The lowest BCUT2D eigenvalue weighted by Crippen LogP contribution is -2.30. The Morgan fingerprint density at radius 1 is 0.328 bits per heavy atom. The monoisotopic (exact) mass is 863 g/mol. The molecule has 362 valence electrons. The molecule has 0 fully saturated rings. The first kappa shape index (κ1) is 59.4. The molecule has 0 bridgehead atoms. The summed E-state index contributed by atoms with van der Waals surface area (Å²) in [7, 11) is 0. The summed E-state index contributed by atoms with van der Waals surface area (Å²) in [4.78, 5) is 37.9. The Morgan fingerprint density at radius 3 is 0.852 bits per heavy atom. The van der Waals surface area contributed by atoms with Gasteiger partial charge in [-0.25, -0.2) is 0 Å². The van der Waals surface area contributed by atoms with E-state index in [0.717, 1.165) is 75.5 Å². The van der Waals surface area contributed by atoms with Crippen molar-refractivity contribution in [3.8, 4) is 0 Å². The molecule has 0 aliphatic heterocycles. The number of carbonyl (C=O) groups excluding carboxylic acids is 3. The average molecular weight is 863 g/mol. The fraction of sp³-hybridized carbons (Fsp3) is 0.945. The Balaban J connectivity index is 4.20. The summed E-state index contributed by atoms with van der Waals surface area (Å²) in [5.41, 5.74) is 0. The Hall–Kier alpha value is -1.59. The SMILES string of the molecule is CCC(C)CCCCCCCCCCCCCCCCCCCCC(=O)O[C@@H](COC(=O)CCCCCCCCCCC(C)C)COC(=O)CCCCCCCCC(C)CC. The summed E-state index contributed by atoms with van der Waals surface area (Å²) >= 11 is 0. The van der Waals surface area contributed by atoms with Crippen LogP contribution in [0.4, 0.5) is 0 Å². The van der Waals surface area contributed by atoms with Gasteiger partial charge in [-0.1, -0.05) is 260 Å². The van der Waals surface area contributed by atoms with Gasteiger partial charge in [-0.2, -0.15) is 0 Å². The molecule has 0 rings (SSSR count).